The lowest BCUT2D eigenvalue weighted by Crippen LogP contribution is -2.39. The molecule has 0 bridgehead atoms. The zero-order chi connectivity index (χ0) is 25.7. The standard InChI is InChI=1S/C30H26FN3O3/c1-18-23-5-3-2-4-20(23)12-13-34(18)30(37)22-15-25(21-8-9-21)29-32-27(17-33(29)16-22)24-10-6-19(14-26(24)31)7-11-28(35)36/h2-7,10-11,14-18,21H,8-9,12-13H2,1H3,(H,35,36)/b11-7+. The van der Waals surface area contributed by atoms with Gasteiger partial charge in [-0.25, -0.2) is 14.2 Å². The van der Waals surface area contributed by atoms with E-state index < -0.39 is 11.8 Å². The second kappa shape index (κ2) is 9.00. The molecule has 0 spiro atoms. The molecule has 1 fully saturated rings. The molecule has 7 heteroatoms. The number of amides is 1. The van der Waals surface area contributed by atoms with Crippen molar-refractivity contribution < 1.29 is 19.1 Å². The Kier molecular flexibility index (Phi) is 5.63. The van der Waals surface area contributed by atoms with Gasteiger partial charge in [-0.1, -0.05) is 30.3 Å². The molecule has 4 aromatic rings. The van der Waals surface area contributed by atoms with Crippen LogP contribution in [0.15, 0.2) is 67.0 Å². The molecular formula is C30H26FN3O3. The summed E-state index contributed by atoms with van der Waals surface area (Å²) in [5.74, 6) is -1.24. The van der Waals surface area contributed by atoms with E-state index in [1.54, 1.807) is 24.5 Å². The zero-order valence-electron chi connectivity index (χ0n) is 20.4. The lowest BCUT2D eigenvalue weighted by atomic mass is 9.93. The van der Waals surface area contributed by atoms with Gasteiger partial charge in [0, 0.05) is 30.6 Å². The number of hydrogen-bond acceptors (Lipinski definition) is 3. The smallest absolute Gasteiger partial charge is 0.328 e. The highest BCUT2D eigenvalue weighted by atomic mass is 19.1. The summed E-state index contributed by atoms with van der Waals surface area (Å²) in [6.07, 6.45) is 8.80. The molecule has 0 radical (unpaired) electrons. The van der Waals surface area contributed by atoms with Crippen LogP contribution >= 0.6 is 0 Å². The van der Waals surface area contributed by atoms with Gasteiger partial charge < -0.3 is 14.4 Å². The number of carboxylic acid groups (broad SMARTS) is 1. The van der Waals surface area contributed by atoms with Gasteiger partial charge in [0.15, 0.2) is 0 Å². The number of benzene rings is 2. The second-order valence-corrected chi connectivity index (χ2v) is 9.85. The maximum atomic E-state index is 15.0. The third-order valence-corrected chi connectivity index (χ3v) is 7.39. The van der Waals surface area contributed by atoms with Crippen molar-refractivity contribution in [3.8, 4) is 11.3 Å². The summed E-state index contributed by atoms with van der Waals surface area (Å²) < 4.78 is 16.8. The zero-order valence-corrected chi connectivity index (χ0v) is 20.4. The summed E-state index contributed by atoms with van der Waals surface area (Å²) in [5.41, 5.74) is 6.09. The Balaban J connectivity index is 1.37. The molecule has 6 nitrogen and oxygen atoms in total. The van der Waals surface area contributed by atoms with Crippen LogP contribution < -0.4 is 0 Å². The number of rotatable bonds is 5. The predicted molar refractivity (Wildman–Crippen MR) is 139 cm³/mol. The van der Waals surface area contributed by atoms with Crippen molar-refractivity contribution in [1.29, 1.82) is 0 Å². The maximum Gasteiger partial charge on any atom is 0.328 e. The van der Waals surface area contributed by atoms with E-state index in [9.17, 15) is 14.0 Å². The number of imidazole rings is 1. The number of carbonyl (C=O) groups is 2. The van der Waals surface area contributed by atoms with Crippen LogP contribution in [0.1, 0.15) is 64.3 Å². The first-order valence-corrected chi connectivity index (χ1v) is 12.5. The summed E-state index contributed by atoms with van der Waals surface area (Å²) in [7, 11) is 0. The van der Waals surface area contributed by atoms with Gasteiger partial charge in [0.1, 0.15) is 11.5 Å². The summed E-state index contributed by atoms with van der Waals surface area (Å²) in [6, 6.07) is 14.8. The first-order chi connectivity index (χ1) is 17.9. The molecule has 1 atom stereocenters. The van der Waals surface area contributed by atoms with Gasteiger partial charge in [0.2, 0.25) is 0 Å². The van der Waals surface area contributed by atoms with Gasteiger partial charge in [-0.15, -0.1) is 0 Å². The van der Waals surface area contributed by atoms with Crippen molar-refractivity contribution in [2.24, 2.45) is 0 Å². The summed E-state index contributed by atoms with van der Waals surface area (Å²) in [5, 5.41) is 8.82. The molecule has 2 aromatic heterocycles. The van der Waals surface area contributed by atoms with E-state index in [1.165, 1.54) is 23.3 Å². The Morgan fingerprint density at radius 2 is 1.89 bits per heavy atom. The van der Waals surface area contributed by atoms with Crippen LogP contribution in [0.4, 0.5) is 4.39 Å². The SMILES string of the molecule is CC1c2ccccc2CCN1C(=O)c1cc(C2CC2)c2nc(-c3ccc(/C=C/C(=O)O)cc3F)cn2c1. The minimum absolute atomic E-state index is 0.0122. The van der Waals surface area contributed by atoms with Crippen molar-refractivity contribution >= 4 is 23.6 Å². The van der Waals surface area contributed by atoms with Gasteiger partial charge in [0.05, 0.1) is 17.3 Å². The fourth-order valence-corrected chi connectivity index (χ4v) is 5.29. The summed E-state index contributed by atoms with van der Waals surface area (Å²) in [6.45, 7) is 2.74. The number of nitrogens with zero attached hydrogens (tertiary/aromatic N) is 3. The average Bonchev–Trinajstić information content (AvgIpc) is 3.65. The summed E-state index contributed by atoms with van der Waals surface area (Å²) in [4.78, 5) is 31.2. The number of aliphatic carboxylic acids is 1. The van der Waals surface area contributed by atoms with Crippen LogP contribution in [0.25, 0.3) is 23.0 Å². The van der Waals surface area contributed by atoms with Crippen LogP contribution in [0.2, 0.25) is 0 Å². The predicted octanol–water partition coefficient (Wildman–Crippen LogP) is 5.88. The Morgan fingerprint density at radius 3 is 2.65 bits per heavy atom. The number of carbonyl (C=O) groups excluding carboxylic acids is 1. The number of fused-ring (bicyclic) bond motifs is 2. The van der Waals surface area contributed by atoms with Gasteiger partial charge in [-0.05, 0) is 78.6 Å². The molecule has 186 valence electrons. The lowest BCUT2D eigenvalue weighted by Gasteiger charge is -2.35. The van der Waals surface area contributed by atoms with E-state index in [0.717, 1.165) is 36.5 Å². The normalized spacial score (nSPS) is 17.4. The summed E-state index contributed by atoms with van der Waals surface area (Å²) >= 11 is 0. The van der Waals surface area contributed by atoms with Gasteiger partial charge in [-0.2, -0.15) is 0 Å². The van der Waals surface area contributed by atoms with Gasteiger partial charge in [0.25, 0.3) is 5.91 Å². The number of pyridine rings is 1. The number of carboxylic acids is 1. The van der Waals surface area contributed by atoms with E-state index in [1.807, 2.05) is 27.5 Å². The molecule has 1 aliphatic heterocycles. The van der Waals surface area contributed by atoms with Crippen molar-refractivity contribution in [2.75, 3.05) is 6.54 Å². The molecule has 37 heavy (non-hydrogen) atoms. The number of hydrogen-bond donors (Lipinski definition) is 1. The Hall–Kier alpha value is -4.26. The fraction of sp³-hybridized carbons (Fsp3) is 0.233. The highest BCUT2D eigenvalue weighted by Gasteiger charge is 2.32. The molecule has 3 heterocycles. The van der Waals surface area contributed by atoms with E-state index in [4.69, 9.17) is 10.1 Å². The number of aromatic nitrogens is 2. The molecule has 0 saturated heterocycles. The van der Waals surface area contributed by atoms with Gasteiger partial charge in [-0.3, -0.25) is 4.79 Å². The maximum absolute atomic E-state index is 15.0. The highest BCUT2D eigenvalue weighted by Crippen LogP contribution is 2.43. The molecule has 1 amide bonds. The van der Waals surface area contributed by atoms with Gasteiger partial charge >= 0.3 is 5.97 Å². The first-order valence-electron chi connectivity index (χ1n) is 12.5. The topological polar surface area (TPSA) is 74.9 Å². The van der Waals surface area contributed by atoms with Crippen molar-refractivity contribution in [2.45, 2.75) is 38.1 Å². The Bertz CT molecular complexity index is 1580. The van der Waals surface area contributed by atoms with Crippen molar-refractivity contribution in [1.82, 2.24) is 14.3 Å². The molecule has 1 aliphatic carbocycles. The molecular weight excluding hydrogens is 469 g/mol. The fourth-order valence-electron chi connectivity index (χ4n) is 5.29. The van der Waals surface area contributed by atoms with Crippen molar-refractivity contribution in [3.05, 3.63) is 101 Å². The first kappa shape index (κ1) is 23.2. The average molecular weight is 496 g/mol. The highest BCUT2D eigenvalue weighted by molar-refractivity contribution is 5.95. The minimum atomic E-state index is -1.09. The Morgan fingerprint density at radius 1 is 1.08 bits per heavy atom. The van der Waals surface area contributed by atoms with Crippen LogP contribution in [-0.4, -0.2) is 37.8 Å². The quantitative estimate of drug-likeness (QED) is 0.351. The molecule has 2 aromatic carbocycles. The van der Waals surface area contributed by atoms with E-state index in [-0.39, 0.29) is 11.9 Å². The Labute approximate surface area is 213 Å². The molecule has 1 N–H and O–H groups in total. The van der Waals surface area contributed by atoms with E-state index >= 15 is 0 Å². The van der Waals surface area contributed by atoms with Crippen LogP contribution in [0, 0.1) is 5.82 Å². The second-order valence-electron chi connectivity index (χ2n) is 9.85. The van der Waals surface area contributed by atoms with Crippen molar-refractivity contribution in [3.63, 3.8) is 0 Å². The lowest BCUT2D eigenvalue weighted by molar-refractivity contribution is -0.131. The largest absolute Gasteiger partial charge is 0.478 e. The minimum Gasteiger partial charge on any atom is -0.478 e. The third-order valence-electron chi connectivity index (χ3n) is 7.39. The van der Waals surface area contributed by atoms with E-state index in [0.29, 0.717) is 34.8 Å². The van der Waals surface area contributed by atoms with Crippen LogP contribution in [-0.2, 0) is 11.2 Å². The third kappa shape index (κ3) is 4.31. The monoisotopic (exact) mass is 495 g/mol. The van der Waals surface area contributed by atoms with Crippen LogP contribution in [0.5, 0.6) is 0 Å². The molecule has 1 unspecified atom stereocenters. The number of halogens is 1. The molecule has 2 aliphatic rings. The van der Waals surface area contributed by atoms with Crippen LogP contribution in [0.3, 0.4) is 0 Å². The van der Waals surface area contributed by atoms with E-state index in [2.05, 4.69) is 19.1 Å². The molecule has 1 saturated carbocycles. The molecule has 6 rings (SSSR count).